The Morgan fingerprint density at radius 2 is 2.27 bits per heavy atom. The summed E-state index contributed by atoms with van der Waals surface area (Å²) in [6, 6.07) is 4.76. The first-order valence-corrected chi connectivity index (χ1v) is 6.88. The first-order valence-electron chi connectivity index (χ1n) is 6.06. The number of hydrogen-bond acceptors (Lipinski definition) is 2. The van der Waals surface area contributed by atoms with Crippen LogP contribution in [0.4, 0.5) is 0 Å². The van der Waals surface area contributed by atoms with Crippen LogP contribution in [0.2, 0.25) is 0 Å². The second-order valence-electron chi connectivity index (χ2n) is 4.76. The summed E-state index contributed by atoms with van der Waals surface area (Å²) in [5, 5.41) is 0. The predicted molar refractivity (Wildman–Crippen MR) is 67.1 cm³/mol. The Kier molecular flexibility index (Phi) is 3.47. The first-order chi connectivity index (χ1) is 7.22. The van der Waals surface area contributed by atoms with E-state index in [-0.39, 0.29) is 6.04 Å². The molecule has 2 rings (SSSR count). The summed E-state index contributed by atoms with van der Waals surface area (Å²) < 4.78 is 0. The van der Waals surface area contributed by atoms with E-state index in [0.717, 1.165) is 12.3 Å². The van der Waals surface area contributed by atoms with E-state index in [1.54, 1.807) is 0 Å². The minimum absolute atomic E-state index is 0.285. The van der Waals surface area contributed by atoms with Gasteiger partial charge in [-0.15, -0.1) is 11.3 Å². The van der Waals surface area contributed by atoms with Gasteiger partial charge in [-0.25, -0.2) is 0 Å². The van der Waals surface area contributed by atoms with Gasteiger partial charge in [0.1, 0.15) is 0 Å². The molecule has 1 aromatic rings. The molecule has 2 heteroatoms. The first kappa shape index (κ1) is 11.2. The van der Waals surface area contributed by atoms with E-state index in [4.69, 9.17) is 5.73 Å². The zero-order valence-electron chi connectivity index (χ0n) is 9.70. The maximum Gasteiger partial charge on any atom is 0.0421 e. The van der Waals surface area contributed by atoms with E-state index in [2.05, 4.69) is 26.0 Å². The fourth-order valence-electron chi connectivity index (χ4n) is 2.68. The van der Waals surface area contributed by atoms with Gasteiger partial charge in [0.25, 0.3) is 0 Å². The molecule has 1 aliphatic rings. The standard InChI is InChI=1S/C13H21NS/c1-3-10-7-8-12(15-10)13(14)11-6-4-5-9(11)2/h7-9,11,13H,3-6,14H2,1-2H3. The van der Waals surface area contributed by atoms with Crippen LogP contribution < -0.4 is 5.73 Å². The van der Waals surface area contributed by atoms with Crippen LogP contribution in [0.25, 0.3) is 0 Å². The van der Waals surface area contributed by atoms with Crippen molar-refractivity contribution in [3.05, 3.63) is 21.9 Å². The molecule has 15 heavy (non-hydrogen) atoms. The molecular formula is C13H21NS. The van der Waals surface area contributed by atoms with Gasteiger partial charge in [-0.3, -0.25) is 0 Å². The summed E-state index contributed by atoms with van der Waals surface area (Å²) in [6.07, 6.45) is 5.19. The van der Waals surface area contributed by atoms with Crippen molar-refractivity contribution >= 4 is 11.3 Å². The molecule has 0 bridgehead atoms. The molecular weight excluding hydrogens is 202 g/mol. The highest BCUT2D eigenvalue weighted by molar-refractivity contribution is 7.12. The highest BCUT2D eigenvalue weighted by atomic mass is 32.1. The van der Waals surface area contributed by atoms with Gasteiger partial charge >= 0.3 is 0 Å². The van der Waals surface area contributed by atoms with Crippen LogP contribution in [0.5, 0.6) is 0 Å². The van der Waals surface area contributed by atoms with Crippen LogP contribution in [-0.4, -0.2) is 0 Å². The molecule has 0 radical (unpaired) electrons. The molecule has 0 amide bonds. The second-order valence-corrected chi connectivity index (χ2v) is 5.96. The highest BCUT2D eigenvalue weighted by Crippen LogP contribution is 2.40. The minimum atomic E-state index is 0.285. The number of rotatable bonds is 3. The zero-order chi connectivity index (χ0) is 10.8. The van der Waals surface area contributed by atoms with Crippen molar-refractivity contribution in [1.82, 2.24) is 0 Å². The SMILES string of the molecule is CCc1ccc(C(N)C2CCCC2C)s1. The fourth-order valence-corrected chi connectivity index (χ4v) is 3.71. The van der Waals surface area contributed by atoms with Crippen LogP contribution in [0, 0.1) is 11.8 Å². The Morgan fingerprint density at radius 3 is 2.80 bits per heavy atom. The topological polar surface area (TPSA) is 26.0 Å². The van der Waals surface area contributed by atoms with E-state index in [0.29, 0.717) is 5.92 Å². The van der Waals surface area contributed by atoms with Gasteiger partial charge in [-0.1, -0.05) is 26.7 Å². The van der Waals surface area contributed by atoms with Gasteiger partial charge in [0, 0.05) is 15.8 Å². The Balaban J connectivity index is 2.09. The molecule has 0 saturated heterocycles. The van der Waals surface area contributed by atoms with Crippen LogP contribution in [0.1, 0.15) is 48.9 Å². The van der Waals surface area contributed by atoms with E-state index in [9.17, 15) is 0 Å². The number of aryl methyl sites for hydroxylation is 1. The van der Waals surface area contributed by atoms with Crippen LogP contribution in [-0.2, 0) is 6.42 Å². The van der Waals surface area contributed by atoms with Crippen molar-refractivity contribution in [2.75, 3.05) is 0 Å². The Bertz CT molecular complexity index is 318. The average Bonchev–Trinajstić information content (AvgIpc) is 2.84. The van der Waals surface area contributed by atoms with Crippen LogP contribution in [0.15, 0.2) is 12.1 Å². The molecule has 0 aliphatic heterocycles. The summed E-state index contributed by atoms with van der Waals surface area (Å²) in [6.45, 7) is 4.56. The number of thiophene rings is 1. The van der Waals surface area contributed by atoms with E-state index >= 15 is 0 Å². The maximum atomic E-state index is 6.37. The lowest BCUT2D eigenvalue weighted by Gasteiger charge is -2.22. The Hall–Kier alpha value is -0.340. The van der Waals surface area contributed by atoms with Gasteiger partial charge in [-0.05, 0) is 36.8 Å². The lowest BCUT2D eigenvalue weighted by atomic mass is 9.90. The summed E-state index contributed by atoms with van der Waals surface area (Å²) in [7, 11) is 0. The number of hydrogen-bond donors (Lipinski definition) is 1. The van der Waals surface area contributed by atoms with Crippen LogP contribution in [0.3, 0.4) is 0 Å². The normalized spacial score (nSPS) is 28.2. The monoisotopic (exact) mass is 223 g/mol. The molecule has 1 heterocycles. The van der Waals surface area contributed by atoms with Crippen molar-refractivity contribution < 1.29 is 0 Å². The minimum Gasteiger partial charge on any atom is -0.323 e. The van der Waals surface area contributed by atoms with E-state index in [1.165, 1.54) is 29.0 Å². The third-order valence-electron chi connectivity index (χ3n) is 3.75. The van der Waals surface area contributed by atoms with Crippen molar-refractivity contribution in [2.24, 2.45) is 17.6 Å². The molecule has 2 N–H and O–H groups in total. The average molecular weight is 223 g/mol. The van der Waals surface area contributed by atoms with E-state index < -0.39 is 0 Å². The van der Waals surface area contributed by atoms with Crippen molar-refractivity contribution in [3.63, 3.8) is 0 Å². The summed E-state index contributed by atoms with van der Waals surface area (Å²) >= 11 is 1.90. The van der Waals surface area contributed by atoms with Crippen molar-refractivity contribution in [3.8, 4) is 0 Å². The molecule has 1 nitrogen and oxygen atoms in total. The lowest BCUT2D eigenvalue weighted by molar-refractivity contribution is 0.354. The smallest absolute Gasteiger partial charge is 0.0421 e. The maximum absolute atomic E-state index is 6.37. The molecule has 1 saturated carbocycles. The molecule has 3 atom stereocenters. The second kappa shape index (κ2) is 4.67. The Morgan fingerprint density at radius 1 is 1.47 bits per heavy atom. The van der Waals surface area contributed by atoms with Gasteiger partial charge in [0.2, 0.25) is 0 Å². The van der Waals surface area contributed by atoms with Gasteiger partial charge in [0.05, 0.1) is 0 Å². The summed E-state index contributed by atoms with van der Waals surface area (Å²) in [5.41, 5.74) is 6.37. The summed E-state index contributed by atoms with van der Waals surface area (Å²) in [4.78, 5) is 2.86. The van der Waals surface area contributed by atoms with Crippen molar-refractivity contribution in [1.29, 1.82) is 0 Å². The quantitative estimate of drug-likeness (QED) is 0.830. The lowest BCUT2D eigenvalue weighted by Crippen LogP contribution is -2.22. The van der Waals surface area contributed by atoms with Gasteiger partial charge in [0.15, 0.2) is 0 Å². The molecule has 0 spiro atoms. The summed E-state index contributed by atoms with van der Waals surface area (Å²) in [5.74, 6) is 1.53. The molecule has 0 aromatic carbocycles. The van der Waals surface area contributed by atoms with E-state index in [1.807, 2.05) is 11.3 Å². The largest absolute Gasteiger partial charge is 0.323 e. The molecule has 1 aromatic heterocycles. The molecule has 1 fully saturated rings. The molecule has 3 unspecified atom stereocenters. The third-order valence-corrected chi connectivity index (χ3v) is 5.08. The number of nitrogens with two attached hydrogens (primary N) is 1. The zero-order valence-corrected chi connectivity index (χ0v) is 10.5. The van der Waals surface area contributed by atoms with Gasteiger partial charge in [-0.2, -0.15) is 0 Å². The molecule has 1 aliphatic carbocycles. The fraction of sp³-hybridized carbons (Fsp3) is 0.692. The van der Waals surface area contributed by atoms with Crippen molar-refractivity contribution in [2.45, 2.75) is 45.6 Å². The van der Waals surface area contributed by atoms with Crippen LogP contribution >= 0.6 is 11.3 Å². The highest BCUT2D eigenvalue weighted by Gasteiger charge is 2.30. The van der Waals surface area contributed by atoms with Gasteiger partial charge < -0.3 is 5.73 Å². The third kappa shape index (κ3) is 2.26. The molecule has 84 valence electrons. The predicted octanol–water partition coefficient (Wildman–Crippen LogP) is 3.75. The Labute approximate surface area is 96.7 Å².